The number of benzene rings is 1. The van der Waals surface area contributed by atoms with E-state index in [4.69, 9.17) is 0 Å². The molecule has 0 bridgehead atoms. The summed E-state index contributed by atoms with van der Waals surface area (Å²) in [6.45, 7) is 2.59. The van der Waals surface area contributed by atoms with E-state index in [-0.39, 0.29) is 5.75 Å². The normalized spacial score (nSPS) is 16.6. The first-order valence-corrected chi connectivity index (χ1v) is 7.45. The second-order valence-electron chi connectivity index (χ2n) is 5.59. The Kier molecular flexibility index (Phi) is 4.48. The molecule has 0 atom stereocenters. The van der Waals surface area contributed by atoms with Gasteiger partial charge in [0.1, 0.15) is 5.82 Å². The predicted molar refractivity (Wildman–Crippen MR) is 82.0 cm³/mol. The fourth-order valence-corrected chi connectivity index (χ4v) is 2.73. The van der Waals surface area contributed by atoms with Crippen molar-refractivity contribution in [3.63, 3.8) is 0 Å². The molecule has 0 amide bonds. The second-order valence-corrected chi connectivity index (χ2v) is 5.59. The fourth-order valence-electron chi connectivity index (χ4n) is 2.73. The van der Waals surface area contributed by atoms with Gasteiger partial charge in [-0.05, 0) is 42.7 Å². The molecule has 6 heteroatoms. The zero-order valence-corrected chi connectivity index (χ0v) is 12.2. The molecular formula is C16H19FN4O. The Morgan fingerprint density at radius 1 is 1.27 bits per heavy atom. The van der Waals surface area contributed by atoms with E-state index in [2.05, 4.69) is 20.4 Å². The van der Waals surface area contributed by atoms with Crippen LogP contribution in [0, 0.1) is 5.82 Å². The molecular weight excluding hydrogens is 283 g/mol. The SMILES string of the molecule is Oc1ccc(CN2CCC(Nc3cccnn3)CC2)cc1F. The van der Waals surface area contributed by atoms with E-state index in [0.717, 1.165) is 37.3 Å². The molecule has 1 fully saturated rings. The minimum absolute atomic E-state index is 0.296. The van der Waals surface area contributed by atoms with E-state index < -0.39 is 5.82 Å². The summed E-state index contributed by atoms with van der Waals surface area (Å²) in [5.74, 6) is -0.0473. The van der Waals surface area contributed by atoms with Crippen molar-refractivity contribution in [3.8, 4) is 5.75 Å². The van der Waals surface area contributed by atoms with Crippen LogP contribution >= 0.6 is 0 Å². The Morgan fingerprint density at radius 2 is 2.09 bits per heavy atom. The third-order valence-corrected chi connectivity index (χ3v) is 3.93. The molecule has 5 nitrogen and oxygen atoms in total. The van der Waals surface area contributed by atoms with E-state index in [1.807, 2.05) is 12.1 Å². The molecule has 0 aliphatic carbocycles. The van der Waals surface area contributed by atoms with Gasteiger partial charge in [0.2, 0.25) is 0 Å². The largest absolute Gasteiger partial charge is 0.505 e. The molecule has 1 aliphatic rings. The van der Waals surface area contributed by atoms with Crippen LogP contribution in [0.2, 0.25) is 0 Å². The van der Waals surface area contributed by atoms with E-state index in [1.165, 1.54) is 12.1 Å². The summed E-state index contributed by atoms with van der Waals surface area (Å²) >= 11 is 0. The molecule has 0 saturated carbocycles. The zero-order valence-electron chi connectivity index (χ0n) is 12.2. The van der Waals surface area contributed by atoms with E-state index >= 15 is 0 Å². The fraction of sp³-hybridized carbons (Fsp3) is 0.375. The monoisotopic (exact) mass is 302 g/mol. The molecule has 2 aromatic rings. The van der Waals surface area contributed by atoms with Crippen LogP contribution < -0.4 is 5.32 Å². The first-order chi connectivity index (χ1) is 10.7. The summed E-state index contributed by atoms with van der Waals surface area (Å²) < 4.78 is 13.3. The lowest BCUT2D eigenvalue weighted by Gasteiger charge is -2.32. The molecule has 3 rings (SSSR count). The van der Waals surface area contributed by atoms with Crippen LogP contribution in [-0.2, 0) is 6.54 Å². The van der Waals surface area contributed by atoms with Crippen molar-refractivity contribution in [3.05, 3.63) is 47.9 Å². The molecule has 0 radical (unpaired) electrons. The van der Waals surface area contributed by atoms with Crippen LogP contribution in [0.3, 0.4) is 0 Å². The van der Waals surface area contributed by atoms with Crippen molar-refractivity contribution in [1.82, 2.24) is 15.1 Å². The average Bonchev–Trinajstić information content (AvgIpc) is 2.54. The van der Waals surface area contributed by atoms with Crippen LogP contribution in [0.5, 0.6) is 5.75 Å². The summed E-state index contributed by atoms with van der Waals surface area (Å²) in [6, 6.07) is 8.75. The number of hydrogen-bond acceptors (Lipinski definition) is 5. The number of aromatic hydroxyl groups is 1. The number of likely N-dealkylation sites (tertiary alicyclic amines) is 1. The van der Waals surface area contributed by atoms with Crippen LogP contribution in [-0.4, -0.2) is 39.3 Å². The molecule has 2 heterocycles. The van der Waals surface area contributed by atoms with Crippen molar-refractivity contribution in [2.24, 2.45) is 0 Å². The molecule has 1 aliphatic heterocycles. The first kappa shape index (κ1) is 14.7. The lowest BCUT2D eigenvalue weighted by Crippen LogP contribution is -2.38. The van der Waals surface area contributed by atoms with Crippen molar-refractivity contribution in [1.29, 1.82) is 0 Å². The highest BCUT2D eigenvalue weighted by Gasteiger charge is 2.19. The number of rotatable bonds is 4. The number of piperidine rings is 1. The molecule has 1 aromatic heterocycles. The predicted octanol–water partition coefficient (Wildman–Crippen LogP) is 2.40. The van der Waals surface area contributed by atoms with Gasteiger partial charge in [0.25, 0.3) is 0 Å². The molecule has 0 spiro atoms. The molecule has 0 unspecified atom stereocenters. The number of nitrogens with one attached hydrogen (secondary N) is 1. The quantitative estimate of drug-likeness (QED) is 0.908. The number of phenolic OH excluding ortho intramolecular Hbond substituents is 1. The van der Waals surface area contributed by atoms with Crippen LogP contribution in [0.1, 0.15) is 18.4 Å². The Morgan fingerprint density at radius 3 is 2.77 bits per heavy atom. The van der Waals surface area contributed by atoms with E-state index in [0.29, 0.717) is 12.6 Å². The summed E-state index contributed by atoms with van der Waals surface area (Å²) in [5.41, 5.74) is 0.885. The van der Waals surface area contributed by atoms with Gasteiger partial charge in [-0.3, -0.25) is 4.90 Å². The number of halogens is 1. The standard InChI is InChI=1S/C16H19FN4O/c17-14-10-12(3-4-15(14)22)11-21-8-5-13(6-9-21)19-16-2-1-7-18-20-16/h1-4,7,10,13,22H,5-6,8-9,11H2,(H,19,20). The molecule has 116 valence electrons. The topological polar surface area (TPSA) is 61.3 Å². The molecule has 1 aromatic carbocycles. The lowest BCUT2D eigenvalue weighted by molar-refractivity contribution is 0.211. The van der Waals surface area contributed by atoms with Gasteiger partial charge >= 0.3 is 0 Å². The van der Waals surface area contributed by atoms with Gasteiger partial charge in [-0.25, -0.2) is 4.39 Å². The highest BCUT2D eigenvalue weighted by atomic mass is 19.1. The summed E-state index contributed by atoms with van der Waals surface area (Å²) in [5, 5.41) is 20.5. The van der Waals surface area contributed by atoms with Crippen molar-refractivity contribution in [2.45, 2.75) is 25.4 Å². The number of nitrogens with zero attached hydrogens (tertiary/aromatic N) is 3. The van der Waals surface area contributed by atoms with Gasteiger partial charge in [0, 0.05) is 31.9 Å². The van der Waals surface area contributed by atoms with Crippen LogP contribution in [0.15, 0.2) is 36.5 Å². The molecule has 1 saturated heterocycles. The maximum Gasteiger partial charge on any atom is 0.165 e. The minimum Gasteiger partial charge on any atom is -0.505 e. The van der Waals surface area contributed by atoms with Gasteiger partial charge in [0.05, 0.1) is 0 Å². The first-order valence-electron chi connectivity index (χ1n) is 7.45. The van der Waals surface area contributed by atoms with Crippen LogP contribution in [0.4, 0.5) is 10.2 Å². The van der Waals surface area contributed by atoms with Gasteiger partial charge in [-0.15, -0.1) is 5.10 Å². The van der Waals surface area contributed by atoms with Gasteiger partial charge in [0.15, 0.2) is 11.6 Å². The van der Waals surface area contributed by atoms with Crippen molar-refractivity contribution >= 4 is 5.82 Å². The molecule has 2 N–H and O–H groups in total. The maximum atomic E-state index is 13.3. The zero-order chi connectivity index (χ0) is 15.4. The van der Waals surface area contributed by atoms with Crippen molar-refractivity contribution in [2.75, 3.05) is 18.4 Å². The van der Waals surface area contributed by atoms with Crippen LogP contribution in [0.25, 0.3) is 0 Å². The summed E-state index contributed by atoms with van der Waals surface area (Å²) in [4.78, 5) is 2.29. The highest BCUT2D eigenvalue weighted by Crippen LogP contribution is 2.20. The van der Waals surface area contributed by atoms with Gasteiger partial charge in [-0.2, -0.15) is 5.10 Å². The third-order valence-electron chi connectivity index (χ3n) is 3.93. The average molecular weight is 302 g/mol. The van der Waals surface area contributed by atoms with Crippen molar-refractivity contribution < 1.29 is 9.50 Å². The number of aromatic nitrogens is 2. The summed E-state index contributed by atoms with van der Waals surface area (Å²) in [6.07, 6.45) is 3.68. The Labute approximate surface area is 128 Å². The summed E-state index contributed by atoms with van der Waals surface area (Å²) in [7, 11) is 0. The van der Waals surface area contributed by atoms with Gasteiger partial charge in [-0.1, -0.05) is 6.07 Å². The number of phenols is 1. The minimum atomic E-state index is -0.559. The molecule has 22 heavy (non-hydrogen) atoms. The second kappa shape index (κ2) is 6.70. The Hall–Kier alpha value is -2.21. The third kappa shape index (κ3) is 3.71. The smallest absolute Gasteiger partial charge is 0.165 e. The number of anilines is 1. The lowest BCUT2D eigenvalue weighted by atomic mass is 10.0. The van der Waals surface area contributed by atoms with E-state index in [9.17, 15) is 9.50 Å². The Balaban J connectivity index is 1.50. The van der Waals surface area contributed by atoms with E-state index in [1.54, 1.807) is 12.3 Å². The highest BCUT2D eigenvalue weighted by molar-refractivity contribution is 5.33. The maximum absolute atomic E-state index is 13.3. The van der Waals surface area contributed by atoms with Gasteiger partial charge < -0.3 is 10.4 Å². The number of hydrogen-bond donors (Lipinski definition) is 2. The Bertz CT molecular complexity index is 615.